The Labute approximate surface area is 325 Å². The highest BCUT2D eigenvalue weighted by molar-refractivity contribution is 5.12. The second-order valence-corrected chi connectivity index (χ2v) is 23.9. The van der Waals surface area contributed by atoms with Crippen LogP contribution in [-0.2, 0) is 0 Å². The van der Waals surface area contributed by atoms with Gasteiger partial charge in [0.2, 0.25) is 0 Å². The van der Waals surface area contributed by atoms with E-state index in [2.05, 4.69) is 79.0 Å². The van der Waals surface area contributed by atoms with Crippen molar-refractivity contribution in [1.29, 1.82) is 0 Å². The van der Waals surface area contributed by atoms with Crippen LogP contribution < -0.4 is 0 Å². The molecule has 7 rings (SSSR count). The van der Waals surface area contributed by atoms with Gasteiger partial charge >= 0.3 is 0 Å². The van der Waals surface area contributed by atoms with Gasteiger partial charge < -0.3 is 0 Å². The van der Waals surface area contributed by atoms with Gasteiger partial charge in [0.05, 0.1) is 0 Å². The minimum absolute atomic E-state index is 0.423. The quantitative estimate of drug-likeness (QED) is 0.270. The molecule has 7 aliphatic rings. The van der Waals surface area contributed by atoms with E-state index < -0.39 is 0 Å². The van der Waals surface area contributed by atoms with Crippen molar-refractivity contribution < 1.29 is 0 Å². The summed E-state index contributed by atoms with van der Waals surface area (Å²) in [5.41, 5.74) is 0.846. The average Bonchev–Trinajstić information content (AvgIpc) is 3.11. The molecule has 2 heteroatoms. The Morgan fingerprint density at radius 1 is 0.308 bits per heavy atom. The van der Waals surface area contributed by atoms with Gasteiger partial charge in [0.1, 0.15) is 0 Å². The lowest BCUT2D eigenvalue weighted by Gasteiger charge is -2.66. The van der Waals surface area contributed by atoms with Gasteiger partial charge in [0.25, 0.3) is 0 Å². The maximum Gasteiger partial charge on any atom is 0.0164 e. The summed E-state index contributed by atoms with van der Waals surface area (Å²) in [6.07, 6.45) is 32.8. The van der Waals surface area contributed by atoms with Crippen LogP contribution in [0.25, 0.3) is 0 Å². The highest BCUT2D eigenvalue weighted by atomic mass is 15.3. The van der Waals surface area contributed by atoms with Crippen molar-refractivity contribution in [3.63, 3.8) is 0 Å². The molecule has 6 unspecified atom stereocenters. The predicted octanol–water partition coefficient (Wildman–Crippen LogP) is 13.8. The summed E-state index contributed by atoms with van der Waals surface area (Å²) < 4.78 is 0. The van der Waals surface area contributed by atoms with Gasteiger partial charge in [0.15, 0.2) is 0 Å². The summed E-state index contributed by atoms with van der Waals surface area (Å²) in [4.78, 5) is 6.95. The van der Waals surface area contributed by atoms with Crippen LogP contribution in [0.1, 0.15) is 210 Å². The van der Waals surface area contributed by atoms with Crippen LogP contribution in [0.4, 0.5) is 0 Å². The number of fused-ring (bicyclic) bond motifs is 2. The van der Waals surface area contributed by atoms with Crippen LogP contribution in [0.15, 0.2) is 0 Å². The number of rotatable bonds is 6. The smallest absolute Gasteiger partial charge is 0.0164 e. The van der Waals surface area contributed by atoms with E-state index in [0.29, 0.717) is 10.8 Å². The van der Waals surface area contributed by atoms with E-state index in [0.717, 1.165) is 95.4 Å². The third-order valence-corrected chi connectivity index (χ3v) is 18.4. The number of hydrogen-bond donors (Lipinski definition) is 0. The van der Waals surface area contributed by atoms with E-state index in [1.165, 1.54) is 141 Å². The third-order valence-electron chi connectivity index (χ3n) is 18.4. The fraction of sp³-hybridized carbons (Fsp3) is 1.00. The van der Waals surface area contributed by atoms with Crippen molar-refractivity contribution in [2.75, 3.05) is 0 Å². The minimum Gasteiger partial charge on any atom is -0.294 e. The monoisotopic (exact) mass is 719 g/mol. The Kier molecular flexibility index (Phi) is 12.7. The summed E-state index contributed by atoms with van der Waals surface area (Å²) in [5.74, 6) is 9.15. The Balaban J connectivity index is 1.34. The second kappa shape index (κ2) is 16.4. The van der Waals surface area contributed by atoms with Crippen LogP contribution in [-0.4, -0.2) is 46.1 Å². The van der Waals surface area contributed by atoms with Gasteiger partial charge in [-0.2, -0.15) is 0 Å². The van der Waals surface area contributed by atoms with Crippen LogP contribution >= 0.6 is 0 Å². The lowest BCUT2D eigenvalue weighted by atomic mass is 9.49. The molecule has 0 heterocycles. The van der Waals surface area contributed by atoms with Crippen molar-refractivity contribution in [2.24, 2.45) is 70.0 Å². The molecule has 52 heavy (non-hydrogen) atoms. The predicted molar refractivity (Wildman–Crippen MR) is 224 cm³/mol. The van der Waals surface area contributed by atoms with Gasteiger partial charge in [-0.3, -0.25) is 9.80 Å². The molecule has 0 saturated heterocycles. The van der Waals surface area contributed by atoms with E-state index >= 15 is 0 Å². The normalized spacial score (nSPS) is 46.8. The van der Waals surface area contributed by atoms with Crippen LogP contribution in [0.3, 0.4) is 0 Å². The maximum absolute atomic E-state index is 3.48. The molecule has 6 atom stereocenters. The summed E-state index contributed by atoms with van der Waals surface area (Å²) in [5, 5.41) is 0. The molecule has 2 nitrogen and oxygen atoms in total. The Morgan fingerprint density at radius 3 is 0.808 bits per heavy atom. The Morgan fingerprint density at radius 2 is 0.558 bits per heavy atom. The lowest BCUT2D eigenvalue weighted by molar-refractivity contribution is -0.166. The molecule has 0 aromatic rings. The molecule has 0 aromatic heterocycles. The highest BCUT2D eigenvalue weighted by Gasteiger charge is 2.60. The van der Waals surface area contributed by atoms with Gasteiger partial charge in [-0.05, 0) is 211 Å². The summed E-state index contributed by atoms with van der Waals surface area (Å²) in [6, 6.07) is 5.08. The second-order valence-electron chi connectivity index (χ2n) is 23.9. The summed E-state index contributed by atoms with van der Waals surface area (Å²) in [6.45, 7) is 26.0. The van der Waals surface area contributed by atoms with Gasteiger partial charge in [-0.25, -0.2) is 0 Å². The number of nitrogens with zero attached hydrogens (tertiary/aromatic N) is 2. The molecule has 0 aromatic carbocycles. The van der Waals surface area contributed by atoms with E-state index in [-0.39, 0.29) is 0 Å². The van der Waals surface area contributed by atoms with Crippen LogP contribution in [0, 0.1) is 70.0 Å². The van der Waals surface area contributed by atoms with E-state index in [4.69, 9.17) is 0 Å². The molecule has 0 amide bonds. The fourth-order valence-electron chi connectivity index (χ4n) is 14.9. The molecule has 0 bridgehead atoms. The third kappa shape index (κ3) is 8.59. The standard InChI is InChI=1S/C50H90N2/c1-33-11-21-39(22-12-33)51(40-23-13-34(2)14-24-40)47-43-29-19-37(49(5,6)7)31-45(43)48(46-32-38(50(8,9)10)20-30-44(46)47)52(41-25-15-35(3)16-26-41)42-27-17-36(4)18-28-42/h33-48H,11-32H2,1-10H3. The van der Waals surface area contributed by atoms with Crippen molar-refractivity contribution in [2.45, 2.75) is 247 Å². The SMILES string of the molecule is CC1CCC(N(C2CCC(C)CC2)C2C3CCC(C(C)(C)C)CC3C(N(C3CCC(C)CC3)C3CCC(C)CC3)C3CC(C(C)(C)C)CCC32)CC1. The molecule has 0 spiro atoms. The highest BCUT2D eigenvalue weighted by Crippen LogP contribution is 2.60. The Hall–Kier alpha value is -0.0800. The summed E-state index contributed by atoms with van der Waals surface area (Å²) >= 11 is 0. The molecule has 7 fully saturated rings. The van der Waals surface area contributed by atoms with E-state index in [1.807, 2.05) is 0 Å². The molecule has 0 radical (unpaired) electrons. The average molecular weight is 719 g/mol. The topological polar surface area (TPSA) is 6.48 Å². The van der Waals surface area contributed by atoms with Crippen LogP contribution in [0.2, 0.25) is 0 Å². The van der Waals surface area contributed by atoms with Gasteiger partial charge in [-0.1, -0.05) is 69.2 Å². The molecule has 0 aliphatic heterocycles. The maximum atomic E-state index is 3.48. The van der Waals surface area contributed by atoms with Crippen molar-refractivity contribution >= 4 is 0 Å². The van der Waals surface area contributed by atoms with E-state index in [9.17, 15) is 0 Å². The molecule has 7 aliphatic carbocycles. The first-order valence-corrected chi connectivity index (χ1v) is 24.2. The minimum atomic E-state index is 0.423. The van der Waals surface area contributed by atoms with Crippen molar-refractivity contribution in [3.8, 4) is 0 Å². The van der Waals surface area contributed by atoms with E-state index in [1.54, 1.807) is 0 Å². The van der Waals surface area contributed by atoms with Gasteiger partial charge in [-0.15, -0.1) is 0 Å². The van der Waals surface area contributed by atoms with Crippen molar-refractivity contribution in [3.05, 3.63) is 0 Å². The first-order chi connectivity index (χ1) is 24.7. The van der Waals surface area contributed by atoms with Crippen molar-refractivity contribution in [1.82, 2.24) is 9.80 Å². The molecule has 300 valence electrons. The zero-order valence-electron chi connectivity index (χ0n) is 36.7. The molecule has 0 N–H and O–H groups in total. The fourth-order valence-corrected chi connectivity index (χ4v) is 14.9. The molecular weight excluding hydrogens is 629 g/mol. The Bertz CT molecular complexity index is 1010. The molecule has 7 saturated carbocycles. The number of hydrogen-bond acceptors (Lipinski definition) is 2. The first-order valence-electron chi connectivity index (χ1n) is 24.2. The van der Waals surface area contributed by atoms with Crippen LogP contribution in [0.5, 0.6) is 0 Å². The first kappa shape index (κ1) is 40.1. The molecular formula is C50H90N2. The zero-order valence-corrected chi connectivity index (χ0v) is 36.7. The zero-order chi connectivity index (χ0) is 36.9. The summed E-state index contributed by atoms with van der Waals surface area (Å²) in [7, 11) is 0. The largest absolute Gasteiger partial charge is 0.294 e. The van der Waals surface area contributed by atoms with Gasteiger partial charge in [0, 0.05) is 36.3 Å². The lowest BCUT2D eigenvalue weighted by Crippen LogP contribution is -2.70.